The number of nitrogens with zero attached hydrogens (tertiary/aromatic N) is 3. The molecule has 0 saturated carbocycles. The van der Waals surface area contributed by atoms with Crippen LogP contribution >= 0.6 is 11.8 Å². The van der Waals surface area contributed by atoms with Crippen LogP contribution in [-0.4, -0.2) is 27.8 Å². The van der Waals surface area contributed by atoms with E-state index in [2.05, 4.69) is 15.5 Å². The van der Waals surface area contributed by atoms with E-state index in [4.69, 9.17) is 4.74 Å². The number of thioether (sulfide) groups is 1. The van der Waals surface area contributed by atoms with Crippen molar-refractivity contribution in [2.75, 3.05) is 12.4 Å². The Hall–Kier alpha value is -3.65. The fourth-order valence-electron chi connectivity index (χ4n) is 3.16. The summed E-state index contributed by atoms with van der Waals surface area (Å²) in [6.07, 6.45) is 0. The molecule has 1 unspecified atom stereocenters. The zero-order chi connectivity index (χ0) is 22.5. The summed E-state index contributed by atoms with van der Waals surface area (Å²) in [4.78, 5) is 13.2. The van der Waals surface area contributed by atoms with Crippen molar-refractivity contribution in [1.82, 2.24) is 14.8 Å². The second-order valence-corrected chi connectivity index (χ2v) is 8.07. The molecule has 4 aromatic rings. The first-order valence-electron chi connectivity index (χ1n) is 9.87. The largest absolute Gasteiger partial charge is 0.497 e. The van der Waals surface area contributed by atoms with E-state index in [1.165, 1.54) is 36.0 Å². The minimum absolute atomic E-state index is 0.234. The molecule has 0 aliphatic heterocycles. The average Bonchev–Trinajstić information content (AvgIpc) is 3.19. The van der Waals surface area contributed by atoms with Gasteiger partial charge < -0.3 is 14.6 Å². The topological polar surface area (TPSA) is 69.0 Å². The van der Waals surface area contributed by atoms with Gasteiger partial charge in [0.1, 0.15) is 16.8 Å². The van der Waals surface area contributed by atoms with Crippen molar-refractivity contribution < 1.29 is 13.9 Å². The van der Waals surface area contributed by atoms with Gasteiger partial charge in [-0.05, 0) is 54.1 Å². The predicted octanol–water partition coefficient (Wildman–Crippen LogP) is 5.10. The van der Waals surface area contributed by atoms with Gasteiger partial charge in [-0.15, -0.1) is 10.2 Å². The van der Waals surface area contributed by atoms with Crippen LogP contribution in [-0.2, 0) is 11.8 Å². The number of nitrogens with one attached hydrogen (secondary N) is 1. The summed E-state index contributed by atoms with van der Waals surface area (Å²) in [7, 11) is 3.48. The number of benzene rings is 3. The van der Waals surface area contributed by atoms with Crippen LogP contribution in [0.15, 0.2) is 84.0 Å². The van der Waals surface area contributed by atoms with Gasteiger partial charge in [-0.25, -0.2) is 4.39 Å². The number of ether oxygens (including phenoxy) is 1. The number of rotatable bonds is 7. The van der Waals surface area contributed by atoms with Crippen molar-refractivity contribution in [1.29, 1.82) is 0 Å². The molecular weight excluding hydrogens is 427 g/mol. The molecule has 1 heterocycles. The summed E-state index contributed by atoms with van der Waals surface area (Å²) in [5.74, 6) is 0.844. The van der Waals surface area contributed by atoms with Crippen LogP contribution in [0.3, 0.4) is 0 Å². The van der Waals surface area contributed by atoms with Crippen molar-refractivity contribution in [3.05, 3.63) is 90.2 Å². The molecule has 162 valence electrons. The van der Waals surface area contributed by atoms with Gasteiger partial charge >= 0.3 is 0 Å². The van der Waals surface area contributed by atoms with Crippen LogP contribution in [0.5, 0.6) is 5.75 Å². The Morgan fingerprint density at radius 2 is 1.69 bits per heavy atom. The van der Waals surface area contributed by atoms with Gasteiger partial charge in [-0.1, -0.05) is 42.1 Å². The van der Waals surface area contributed by atoms with E-state index in [-0.39, 0.29) is 11.7 Å². The molecule has 0 bridgehead atoms. The average molecular weight is 449 g/mol. The fourth-order valence-corrected chi connectivity index (χ4v) is 4.16. The molecule has 0 aliphatic carbocycles. The molecule has 6 nitrogen and oxygen atoms in total. The second kappa shape index (κ2) is 9.65. The number of halogens is 1. The predicted molar refractivity (Wildman–Crippen MR) is 123 cm³/mol. The first-order valence-corrected chi connectivity index (χ1v) is 10.7. The summed E-state index contributed by atoms with van der Waals surface area (Å²) >= 11 is 1.30. The van der Waals surface area contributed by atoms with Crippen molar-refractivity contribution in [2.24, 2.45) is 7.05 Å². The first kappa shape index (κ1) is 21.6. The third kappa shape index (κ3) is 4.81. The highest BCUT2D eigenvalue weighted by Gasteiger charge is 2.25. The Bertz CT molecular complexity index is 1200. The summed E-state index contributed by atoms with van der Waals surface area (Å²) in [6.45, 7) is 0. The zero-order valence-corrected chi connectivity index (χ0v) is 18.3. The second-order valence-electron chi connectivity index (χ2n) is 7.00. The molecular formula is C24H21FN4O2S. The number of carbonyl (C=O) groups is 1. The minimum Gasteiger partial charge on any atom is -0.497 e. The molecule has 3 aromatic carbocycles. The van der Waals surface area contributed by atoms with E-state index in [1.54, 1.807) is 7.11 Å². The van der Waals surface area contributed by atoms with Crippen LogP contribution in [0, 0.1) is 5.82 Å². The van der Waals surface area contributed by atoms with Gasteiger partial charge in [0.25, 0.3) is 0 Å². The van der Waals surface area contributed by atoms with E-state index in [1.807, 2.05) is 66.2 Å². The van der Waals surface area contributed by atoms with Gasteiger partial charge in [0.05, 0.1) is 7.11 Å². The standard InChI is InChI=1S/C24H21FN4O2S/c1-29-22(17-8-14-20(31-2)15-9-17)27-28-24(29)32-21(16-6-4-3-5-7-16)23(30)26-19-12-10-18(25)11-13-19/h3-15,21H,1-2H3,(H,26,30). The Labute approximate surface area is 189 Å². The molecule has 0 saturated heterocycles. The number of aromatic nitrogens is 3. The minimum atomic E-state index is -0.576. The zero-order valence-electron chi connectivity index (χ0n) is 17.5. The number of anilines is 1. The Kier molecular flexibility index (Phi) is 6.51. The Morgan fingerprint density at radius 3 is 2.34 bits per heavy atom. The molecule has 1 N–H and O–H groups in total. The van der Waals surface area contributed by atoms with Crippen molar-refractivity contribution in [2.45, 2.75) is 10.4 Å². The van der Waals surface area contributed by atoms with E-state index >= 15 is 0 Å². The van der Waals surface area contributed by atoms with Crippen molar-refractivity contribution >= 4 is 23.4 Å². The van der Waals surface area contributed by atoms with Gasteiger partial charge in [0.15, 0.2) is 11.0 Å². The third-order valence-corrected chi connectivity index (χ3v) is 6.15. The Balaban J connectivity index is 1.60. The first-order chi connectivity index (χ1) is 15.5. The van der Waals surface area contributed by atoms with Gasteiger partial charge in [-0.3, -0.25) is 4.79 Å². The summed E-state index contributed by atoms with van der Waals surface area (Å²) in [6, 6.07) is 22.7. The lowest BCUT2D eigenvalue weighted by molar-refractivity contribution is -0.115. The van der Waals surface area contributed by atoms with Gasteiger partial charge in [-0.2, -0.15) is 0 Å². The number of amides is 1. The number of hydrogen-bond donors (Lipinski definition) is 1. The van der Waals surface area contributed by atoms with Crippen LogP contribution < -0.4 is 10.1 Å². The van der Waals surface area contributed by atoms with Crippen LogP contribution in [0.1, 0.15) is 10.8 Å². The Morgan fingerprint density at radius 1 is 1.00 bits per heavy atom. The normalized spacial score (nSPS) is 11.7. The molecule has 4 rings (SSSR count). The highest BCUT2D eigenvalue weighted by molar-refractivity contribution is 8.00. The van der Waals surface area contributed by atoms with E-state index in [9.17, 15) is 9.18 Å². The maximum absolute atomic E-state index is 13.2. The molecule has 0 fully saturated rings. The monoisotopic (exact) mass is 448 g/mol. The molecule has 1 atom stereocenters. The van der Waals surface area contributed by atoms with E-state index < -0.39 is 5.25 Å². The van der Waals surface area contributed by atoms with E-state index in [0.29, 0.717) is 16.7 Å². The summed E-state index contributed by atoms with van der Waals surface area (Å²) in [5.41, 5.74) is 2.24. The van der Waals surface area contributed by atoms with Crippen LogP contribution in [0.25, 0.3) is 11.4 Å². The van der Waals surface area contributed by atoms with Gasteiger partial charge in [0.2, 0.25) is 5.91 Å². The third-order valence-electron chi connectivity index (χ3n) is 4.86. The summed E-state index contributed by atoms with van der Waals surface area (Å²) < 4.78 is 20.3. The highest BCUT2D eigenvalue weighted by Crippen LogP contribution is 2.36. The van der Waals surface area contributed by atoms with Crippen LogP contribution in [0.4, 0.5) is 10.1 Å². The lowest BCUT2D eigenvalue weighted by Crippen LogP contribution is -2.19. The lowest BCUT2D eigenvalue weighted by atomic mass is 10.1. The van der Waals surface area contributed by atoms with Crippen LogP contribution in [0.2, 0.25) is 0 Å². The highest BCUT2D eigenvalue weighted by atomic mass is 32.2. The fraction of sp³-hybridized carbons (Fsp3) is 0.125. The maximum Gasteiger partial charge on any atom is 0.242 e. The number of hydrogen-bond acceptors (Lipinski definition) is 5. The lowest BCUT2D eigenvalue weighted by Gasteiger charge is -2.16. The van der Waals surface area contributed by atoms with Gasteiger partial charge in [0, 0.05) is 18.3 Å². The van der Waals surface area contributed by atoms with Crippen molar-refractivity contribution in [3.63, 3.8) is 0 Å². The smallest absolute Gasteiger partial charge is 0.242 e. The molecule has 1 aromatic heterocycles. The van der Waals surface area contributed by atoms with Crippen molar-refractivity contribution in [3.8, 4) is 17.1 Å². The molecule has 1 amide bonds. The quantitative estimate of drug-likeness (QED) is 0.398. The SMILES string of the molecule is COc1ccc(-c2nnc(SC(C(=O)Nc3ccc(F)cc3)c3ccccc3)n2C)cc1. The maximum atomic E-state index is 13.2. The number of methoxy groups -OCH3 is 1. The molecule has 8 heteroatoms. The molecule has 0 spiro atoms. The summed E-state index contributed by atoms with van der Waals surface area (Å²) in [5, 5.41) is 11.5. The molecule has 0 aliphatic rings. The molecule has 32 heavy (non-hydrogen) atoms. The van der Waals surface area contributed by atoms with E-state index in [0.717, 1.165) is 16.9 Å². The number of carbonyl (C=O) groups excluding carboxylic acids is 1. The molecule has 0 radical (unpaired) electrons.